The van der Waals surface area contributed by atoms with Gasteiger partial charge in [-0.05, 0) is 30.3 Å². The first-order valence-electron chi connectivity index (χ1n) is 6.43. The Morgan fingerprint density at radius 3 is 2.29 bits per heavy atom. The Labute approximate surface area is 126 Å². The Balaban J connectivity index is 1.75. The normalized spacial score (nSPS) is 13.5. The molecule has 0 aliphatic carbocycles. The molecule has 106 valence electrons. The number of hydrogen-bond donors (Lipinski definition) is 0. The van der Waals surface area contributed by atoms with E-state index >= 15 is 0 Å². The van der Waals surface area contributed by atoms with Crippen LogP contribution in [0.4, 0.5) is 0 Å². The molecule has 5 heteroatoms. The molecular weight excluding hydrogens is 286 g/mol. The van der Waals surface area contributed by atoms with Crippen molar-refractivity contribution in [3.63, 3.8) is 0 Å². The van der Waals surface area contributed by atoms with E-state index in [0.717, 1.165) is 10.6 Å². The van der Waals surface area contributed by atoms with E-state index in [1.165, 1.54) is 16.7 Å². The van der Waals surface area contributed by atoms with Gasteiger partial charge in [-0.2, -0.15) is 0 Å². The minimum absolute atomic E-state index is 0.231. The van der Waals surface area contributed by atoms with E-state index in [4.69, 9.17) is 4.74 Å². The molecule has 0 aromatic heterocycles. The van der Waals surface area contributed by atoms with Crippen molar-refractivity contribution < 1.29 is 14.3 Å². The third-order valence-electron chi connectivity index (χ3n) is 3.28. The fraction of sp³-hybridized carbons (Fsp3) is 0.125. The number of ether oxygens (including phenoxy) is 1. The van der Waals surface area contributed by atoms with E-state index < -0.39 is 0 Å². The number of methoxy groups -OCH3 is 1. The second-order valence-corrected chi connectivity index (χ2v) is 5.55. The highest BCUT2D eigenvalue weighted by Gasteiger charge is 2.34. The predicted octanol–water partition coefficient (Wildman–Crippen LogP) is 3.04. The molecule has 3 rings (SSSR count). The minimum Gasteiger partial charge on any atom is -0.497 e. The second-order valence-electron chi connectivity index (χ2n) is 4.54. The molecular formula is C16H13NO3S. The Morgan fingerprint density at radius 2 is 1.67 bits per heavy atom. The first-order valence-corrected chi connectivity index (χ1v) is 7.41. The molecule has 0 fully saturated rings. The van der Waals surface area contributed by atoms with Crippen LogP contribution in [0.5, 0.6) is 5.75 Å². The molecule has 0 saturated carbocycles. The third kappa shape index (κ3) is 2.52. The van der Waals surface area contributed by atoms with Crippen LogP contribution in [0.25, 0.3) is 0 Å². The van der Waals surface area contributed by atoms with Crippen LogP contribution in [0.1, 0.15) is 20.7 Å². The van der Waals surface area contributed by atoms with E-state index in [9.17, 15) is 9.59 Å². The van der Waals surface area contributed by atoms with Gasteiger partial charge in [0.2, 0.25) is 0 Å². The molecule has 2 aromatic carbocycles. The molecule has 0 unspecified atom stereocenters. The van der Waals surface area contributed by atoms with Crippen molar-refractivity contribution in [2.75, 3.05) is 13.0 Å². The van der Waals surface area contributed by atoms with Gasteiger partial charge < -0.3 is 4.74 Å². The van der Waals surface area contributed by atoms with Gasteiger partial charge in [0.05, 0.1) is 24.1 Å². The van der Waals surface area contributed by atoms with Crippen LogP contribution in [0.2, 0.25) is 0 Å². The summed E-state index contributed by atoms with van der Waals surface area (Å²) in [5.41, 5.74) is 0.961. The summed E-state index contributed by atoms with van der Waals surface area (Å²) in [7, 11) is 1.61. The van der Waals surface area contributed by atoms with Crippen molar-refractivity contribution in [3.8, 4) is 5.75 Å². The Morgan fingerprint density at radius 1 is 1.00 bits per heavy atom. The molecule has 2 amide bonds. The van der Waals surface area contributed by atoms with Crippen LogP contribution >= 0.6 is 11.8 Å². The molecule has 0 atom stereocenters. The molecule has 2 aromatic rings. The lowest BCUT2D eigenvalue weighted by atomic mass is 10.1. The lowest BCUT2D eigenvalue weighted by Gasteiger charge is -2.13. The van der Waals surface area contributed by atoms with Crippen molar-refractivity contribution in [3.05, 3.63) is 59.7 Å². The Kier molecular flexibility index (Phi) is 3.66. The maximum Gasteiger partial charge on any atom is 0.262 e. The number of amides is 2. The molecule has 1 heterocycles. The molecule has 1 aliphatic rings. The van der Waals surface area contributed by atoms with E-state index in [1.54, 1.807) is 31.4 Å². The summed E-state index contributed by atoms with van der Waals surface area (Å²) in [5, 5.41) is 0. The quantitative estimate of drug-likeness (QED) is 0.643. The average molecular weight is 299 g/mol. The molecule has 0 spiro atoms. The Hall–Kier alpha value is -2.27. The SMILES string of the molecule is COc1cccc(SCN2C(=O)c3ccccc3C2=O)c1. The zero-order chi connectivity index (χ0) is 14.8. The van der Waals surface area contributed by atoms with Crippen molar-refractivity contribution in [2.24, 2.45) is 0 Å². The summed E-state index contributed by atoms with van der Waals surface area (Å²) in [4.78, 5) is 26.7. The van der Waals surface area contributed by atoms with Gasteiger partial charge in [-0.3, -0.25) is 14.5 Å². The maximum absolute atomic E-state index is 12.2. The molecule has 0 radical (unpaired) electrons. The van der Waals surface area contributed by atoms with Gasteiger partial charge in [0.1, 0.15) is 5.75 Å². The molecule has 0 N–H and O–H groups in total. The Bertz CT molecular complexity index is 679. The van der Waals surface area contributed by atoms with Crippen molar-refractivity contribution in [1.29, 1.82) is 0 Å². The zero-order valence-electron chi connectivity index (χ0n) is 11.4. The summed E-state index contributed by atoms with van der Waals surface area (Å²) >= 11 is 1.43. The lowest BCUT2D eigenvalue weighted by Crippen LogP contribution is -2.29. The largest absolute Gasteiger partial charge is 0.497 e. The molecule has 1 aliphatic heterocycles. The van der Waals surface area contributed by atoms with Gasteiger partial charge >= 0.3 is 0 Å². The van der Waals surface area contributed by atoms with Crippen LogP contribution in [0, 0.1) is 0 Å². The fourth-order valence-corrected chi connectivity index (χ4v) is 3.07. The highest BCUT2D eigenvalue weighted by Crippen LogP contribution is 2.28. The number of thioether (sulfide) groups is 1. The summed E-state index contributed by atoms with van der Waals surface area (Å²) in [5.74, 6) is 0.582. The van der Waals surface area contributed by atoms with E-state index in [2.05, 4.69) is 0 Å². The average Bonchev–Trinajstić information content (AvgIpc) is 2.78. The fourth-order valence-electron chi connectivity index (χ4n) is 2.19. The number of imide groups is 1. The molecule has 0 saturated heterocycles. The van der Waals surface area contributed by atoms with Crippen LogP contribution in [0.3, 0.4) is 0 Å². The number of carbonyl (C=O) groups excluding carboxylic acids is 2. The maximum atomic E-state index is 12.2. The smallest absolute Gasteiger partial charge is 0.262 e. The van der Waals surface area contributed by atoms with Gasteiger partial charge in [-0.15, -0.1) is 11.8 Å². The topological polar surface area (TPSA) is 46.6 Å². The molecule has 4 nitrogen and oxygen atoms in total. The first kappa shape index (κ1) is 13.7. The van der Waals surface area contributed by atoms with Crippen LogP contribution < -0.4 is 4.74 Å². The summed E-state index contributed by atoms with van der Waals surface area (Å²) in [6.45, 7) is 0. The van der Waals surface area contributed by atoms with Crippen LogP contribution in [-0.4, -0.2) is 29.7 Å². The van der Waals surface area contributed by atoms with Gasteiger partial charge in [-0.25, -0.2) is 0 Å². The highest BCUT2D eigenvalue weighted by atomic mass is 32.2. The van der Waals surface area contributed by atoms with Crippen molar-refractivity contribution in [1.82, 2.24) is 4.90 Å². The van der Waals surface area contributed by atoms with Crippen molar-refractivity contribution in [2.45, 2.75) is 4.90 Å². The summed E-state index contributed by atoms with van der Waals surface area (Å²) in [6.07, 6.45) is 0. The number of nitrogens with zero attached hydrogens (tertiary/aromatic N) is 1. The van der Waals surface area contributed by atoms with Gasteiger partial charge in [0.25, 0.3) is 11.8 Å². The standard InChI is InChI=1S/C16H13NO3S/c1-20-11-5-4-6-12(9-11)21-10-17-15(18)13-7-2-3-8-14(13)16(17)19/h2-9H,10H2,1H3. The van der Waals surface area contributed by atoms with Crippen LogP contribution in [-0.2, 0) is 0 Å². The zero-order valence-corrected chi connectivity index (χ0v) is 12.2. The lowest BCUT2D eigenvalue weighted by molar-refractivity contribution is 0.0684. The van der Waals surface area contributed by atoms with E-state index in [-0.39, 0.29) is 11.8 Å². The first-order chi connectivity index (χ1) is 10.2. The molecule has 0 bridgehead atoms. The second kappa shape index (κ2) is 5.61. The minimum atomic E-state index is -0.231. The van der Waals surface area contributed by atoms with Gasteiger partial charge in [0.15, 0.2) is 0 Å². The van der Waals surface area contributed by atoms with Gasteiger partial charge in [0, 0.05) is 4.90 Å². The van der Waals surface area contributed by atoms with E-state index in [1.807, 2.05) is 24.3 Å². The third-order valence-corrected chi connectivity index (χ3v) is 4.25. The van der Waals surface area contributed by atoms with Crippen molar-refractivity contribution >= 4 is 23.6 Å². The number of benzene rings is 2. The monoisotopic (exact) mass is 299 g/mol. The summed E-state index contributed by atoms with van der Waals surface area (Å²) in [6, 6.07) is 14.4. The highest BCUT2D eigenvalue weighted by molar-refractivity contribution is 7.99. The molecule has 21 heavy (non-hydrogen) atoms. The number of carbonyl (C=O) groups is 2. The van der Waals surface area contributed by atoms with E-state index in [0.29, 0.717) is 17.0 Å². The van der Waals surface area contributed by atoms with Crippen LogP contribution in [0.15, 0.2) is 53.4 Å². The number of hydrogen-bond acceptors (Lipinski definition) is 4. The number of fused-ring (bicyclic) bond motifs is 1. The summed E-state index contributed by atoms with van der Waals surface area (Å²) < 4.78 is 5.16. The van der Waals surface area contributed by atoms with Gasteiger partial charge in [-0.1, -0.05) is 18.2 Å². The number of rotatable bonds is 4. The predicted molar refractivity (Wildman–Crippen MR) is 80.7 cm³/mol.